The fourth-order valence-corrected chi connectivity index (χ4v) is 5.48. The summed E-state index contributed by atoms with van der Waals surface area (Å²) in [5.74, 6) is 1.25. The Bertz CT molecular complexity index is 1410. The SMILES string of the molecule is Cc1ccc2nc(-c3ccc(NC(=O)CSCc4ccc5ccccc5c4)cc3)sc2c1. The minimum Gasteiger partial charge on any atom is -0.325 e. The first-order valence-corrected chi connectivity index (χ1v) is 12.4. The van der Waals surface area contributed by atoms with Crippen molar-refractivity contribution in [3.05, 3.63) is 96.1 Å². The number of carbonyl (C=O) groups excluding carboxylic acids is 1. The average molecular weight is 455 g/mol. The molecule has 1 heterocycles. The number of carbonyl (C=O) groups is 1. The number of rotatable bonds is 6. The van der Waals surface area contributed by atoms with Gasteiger partial charge in [0, 0.05) is 17.0 Å². The highest BCUT2D eigenvalue weighted by Gasteiger charge is 2.08. The van der Waals surface area contributed by atoms with Crippen molar-refractivity contribution in [1.29, 1.82) is 0 Å². The van der Waals surface area contributed by atoms with Gasteiger partial charge >= 0.3 is 0 Å². The second-order valence-corrected chi connectivity index (χ2v) is 9.81. The largest absolute Gasteiger partial charge is 0.325 e. The van der Waals surface area contributed by atoms with Crippen molar-refractivity contribution in [2.45, 2.75) is 12.7 Å². The van der Waals surface area contributed by atoms with Crippen LogP contribution in [0.5, 0.6) is 0 Å². The number of amides is 1. The van der Waals surface area contributed by atoms with Crippen molar-refractivity contribution in [1.82, 2.24) is 4.98 Å². The van der Waals surface area contributed by atoms with Crippen molar-refractivity contribution < 1.29 is 4.79 Å². The number of hydrogen-bond acceptors (Lipinski definition) is 4. The molecule has 0 unspecified atom stereocenters. The van der Waals surface area contributed by atoms with Crippen LogP contribution in [0.15, 0.2) is 84.9 Å². The molecule has 158 valence electrons. The average Bonchev–Trinajstić information content (AvgIpc) is 3.22. The molecule has 0 saturated carbocycles. The first-order valence-electron chi connectivity index (χ1n) is 10.5. The van der Waals surface area contributed by atoms with Crippen LogP contribution in [0.25, 0.3) is 31.6 Å². The molecule has 5 rings (SSSR count). The number of aryl methyl sites for hydroxylation is 1. The van der Waals surface area contributed by atoms with E-state index in [0.717, 1.165) is 27.5 Å². The van der Waals surface area contributed by atoms with E-state index in [0.29, 0.717) is 5.75 Å². The first kappa shape index (κ1) is 20.7. The topological polar surface area (TPSA) is 42.0 Å². The maximum Gasteiger partial charge on any atom is 0.234 e. The number of thiazole rings is 1. The Labute approximate surface area is 195 Å². The number of fused-ring (bicyclic) bond motifs is 2. The van der Waals surface area contributed by atoms with E-state index in [1.54, 1.807) is 23.1 Å². The standard InChI is InChI=1S/C27H22N2OS2/c1-18-6-13-24-25(14-18)32-27(29-24)21-9-11-23(12-10-21)28-26(30)17-31-16-19-7-8-20-4-2-3-5-22(20)15-19/h2-15H,16-17H2,1H3,(H,28,30). The number of anilines is 1. The van der Waals surface area contributed by atoms with Crippen LogP contribution in [0.2, 0.25) is 0 Å². The highest BCUT2D eigenvalue weighted by molar-refractivity contribution is 7.99. The van der Waals surface area contributed by atoms with E-state index >= 15 is 0 Å². The van der Waals surface area contributed by atoms with Crippen molar-refractivity contribution in [2.24, 2.45) is 0 Å². The molecule has 0 saturated heterocycles. The van der Waals surface area contributed by atoms with Crippen molar-refractivity contribution in [3.8, 4) is 10.6 Å². The fourth-order valence-electron chi connectivity index (χ4n) is 3.64. The highest BCUT2D eigenvalue weighted by Crippen LogP contribution is 2.31. The molecule has 0 radical (unpaired) electrons. The summed E-state index contributed by atoms with van der Waals surface area (Å²) in [6.07, 6.45) is 0. The first-order chi connectivity index (χ1) is 15.6. The maximum absolute atomic E-state index is 12.4. The minimum absolute atomic E-state index is 0.0130. The Hall–Kier alpha value is -3.15. The smallest absolute Gasteiger partial charge is 0.234 e. The van der Waals surface area contributed by atoms with Crippen LogP contribution in [-0.2, 0) is 10.5 Å². The molecule has 5 aromatic rings. The third-order valence-corrected chi connectivity index (χ3v) is 7.35. The zero-order valence-corrected chi connectivity index (χ0v) is 19.3. The van der Waals surface area contributed by atoms with Gasteiger partial charge < -0.3 is 5.32 Å². The quantitative estimate of drug-likeness (QED) is 0.293. The van der Waals surface area contributed by atoms with Gasteiger partial charge in [0.15, 0.2) is 0 Å². The van der Waals surface area contributed by atoms with Crippen LogP contribution in [0.1, 0.15) is 11.1 Å². The zero-order valence-electron chi connectivity index (χ0n) is 17.7. The molecule has 1 amide bonds. The van der Waals surface area contributed by atoms with Gasteiger partial charge in [-0.2, -0.15) is 0 Å². The number of nitrogens with one attached hydrogen (secondary N) is 1. The second kappa shape index (κ2) is 9.15. The van der Waals surface area contributed by atoms with Gasteiger partial charge in [0.1, 0.15) is 5.01 Å². The number of thioether (sulfide) groups is 1. The van der Waals surface area contributed by atoms with E-state index in [1.807, 2.05) is 30.3 Å². The van der Waals surface area contributed by atoms with E-state index in [2.05, 4.69) is 66.8 Å². The van der Waals surface area contributed by atoms with Gasteiger partial charge in [0.25, 0.3) is 0 Å². The van der Waals surface area contributed by atoms with Gasteiger partial charge in [-0.25, -0.2) is 4.98 Å². The number of hydrogen-bond donors (Lipinski definition) is 1. The van der Waals surface area contributed by atoms with E-state index in [1.165, 1.54) is 26.6 Å². The third kappa shape index (κ3) is 4.69. The summed E-state index contributed by atoms with van der Waals surface area (Å²) in [5.41, 5.74) is 5.37. The molecular weight excluding hydrogens is 432 g/mol. The molecule has 0 aliphatic heterocycles. The van der Waals surface area contributed by atoms with E-state index in [-0.39, 0.29) is 5.91 Å². The Morgan fingerprint density at radius 2 is 1.75 bits per heavy atom. The Morgan fingerprint density at radius 1 is 0.938 bits per heavy atom. The molecule has 0 spiro atoms. The van der Waals surface area contributed by atoms with Crippen LogP contribution >= 0.6 is 23.1 Å². The molecule has 5 heteroatoms. The fraction of sp³-hybridized carbons (Fsp3) is 0.111. The van der Waals surface area contributed by atoms with E-state index in [9.17, 15) is 4.79 Å². The van der Waals surface area contributed by atoms with Gasteiger partial charge in [0.2, 0.25) is 5.91 Å². The van der Waals surface area contributed by atoms with Crippen LogP contribution in [0, 0.1) is 6.92 Å². The molecule has 4 aromatic carbocycles. The summed E-state index contributed by atoms with van der Waals surface area (Å²) in [7, 11) is 0. The zero-order chi connectivity index (χ0) is 21.9. The molecule has 1 aromatic heterocycles. The third-order valence-electron chi connectivity index (χ3n) is 5.28. The van der Waals surface area contributed by atoms with Crippen LogP contribution in [0.3, 0.4) is 0 Å². The Kier molecular flexibility index (Phi) is 5.93. The lowest BCUT2D eigenvalue weighted by Crippen LogP contribution is -2.14. The molecule has 0 aliphatic carbocycles. The van der Waals surface area contributed by atoms with Gasteiger partial charge in [-0.1, -0.05) is 48.5 Å². The molecule has 0 aliphatic rings. The molecule has 0 bridgehead atoms. The van der Waals surface area contributed by atoms with Crippen LogP contribution in [-0.4, -0.2) is 16.6 Å². The summed E-state index contributed by atoms with van der Waals surface area (Å²) in [6.45, 7) is 2.09. The molecular formula is C27H22N2OS2. The van der Waals surface area contributed by atoms with Gasteiger partial charge in [-0.15, -0.1) is 23.1 Å². The van der Waals surface area contributed by atoms with E-state index < -0.39 is 0 Å². The number of aromatic nitrogens is 1. The van der Waals surface area contributed by atoms with Crippen molar-refractivity contribution in [3.63, 3.8) is 0 Å². The lowest BCUT2D eigenvalue weighted by Gasteiger charge is -2.07. The molecule has 32 heavy (non-hydrogen) atoms. The lowest BCUT2D eigenvalue weighted by atomic mass is 10.1. The number of nitrogens with zero attached hydrogens (tertiary/aromatic N) is 1. The molecule has 1 N–H and O–H groups in total. The second-order valence-electron chi connectivity index (χ2n) is 7.79. The summed E-state index contributed by atoms with van der Waals surface area (Å²) < 4.78 is 1.20. The minimum atomic E-state index is 0.0130. The number of benzene rings is 4. The summed E-state index contributed by atoms with van der Waals surface area (Å²) in [5, 5.41) is 6.46. The maximum atomic E-state index is 12.4. The van der Waals surface area contributed by atoms with Gasteiger partial charge in [0.05, 0.1) is 16.0 Å². The van der Waals surface area contributed by atoms with Gasteiger partial charge in [-0.05, 0) is 65.2 Å². The van der Waals surface area contributed by atoms with Crippen molar-refractivity contribution in [2.75, 3.05) is 11.1 Å². The van der Waals surface area contributed by atoms with Gasteiger partial charge in [-0.3, -0.25) is 4.79 Å². The van der Waals surface area contributed by atoms with Crippen LogP contribution in [0.4, 0.5) is 5.69 Å². The molecule has 0 fully saturated rings. The summed E-state index contributed by atoms with van der Waals surface area (Å²) in [6, 6.07) is 29.0. The molecule has 0 atom stereocenters. The normalized spacial score (nSPS) is 11.2. The lowest BCUT2D eigenvalue weighted by molar-refractivity contribution is -0.113. The van der Waals surface area contributed by atoms with E-state index in [4.69, 9.17) is 4.98 Å². The summed E-state index contributed by atoms with van der Waals surface area (Å²) >= 11 is 3.32. The Morgan fingerprint density at radius 3 is 2.59 bits per heavy atom. The molecule has 3 nitrogen and oxygen atoms in total. The van der Waals surface area contributed by atoms with Crippen LogP contribution < -0.4 is 5.32 Å². The predicted molar refractivity (Wildman–Crippen MR) is 139 cm³/mol. The monoisotopic (exact) mass is 454 g/mol. The Balaban J connectivity index is 1.17. The summed E-state index contributed by atoms with van der Waals surface area (Å²) in [4.78, 5) is 17.1. The van der Waals surface area contributed by atoms with Crippen molar-refractivity contribution >= 4 is 55.7 Å². The highest BCUT2D eigenvalue weighted by atomic mass is 32.2. The predicted octanol–water partition coefficient (Wildman–Crippen LogP) is 7.30.